The molecule has 1 fully saturated rings. The van der Waals surface area contributed by atoms with E-state index in [1.165, 1.54) is 13.2 Å². The zero-order valence-electron chi connectivity index (χ0n) is 12.9. The Morgan fingerprint density at radius 2 is 1.96 bits per heavy atom. The highest BCUT2D eigenvalue weighted by Crippen LogP contribution is 2.37. The lowest BCUT2D eigenvalue weighted by Crippen LogP contribution is -2.45. The van der Waals surface area contributed by atoms with E-state index in [4.69, 9.17) is 4.74 Å². The maximum absolute atomic E-state index is 12.8. The molecule has 23 heavy (non-hydrogen) atoms. The topological polar surface area (TPSA) is 44.7 Å². The van der Waals surface area contributed by atoms with Crippen LogP contribution in [0.5, 0.6) is 5.75 Å². The van der Waals surface area contributed by atoms with Crippen molar-refractivity contribution in [3.63, 3.8) is 0 Å². The summed E-state index contributed by atoms with van der Waals surface area (Å²) < 4.78 is 43.7. The Hall–Kier alpha value is -1.02. The molecule has 1 aliphatic heterocycles. The van der Waals surface area contributed by atoms with Crippen LogP contribution in [0.3, 0.4) is 0 Å². The molecular formula is C15H22ClF3N2O2. The smallest absolute Gasteiger partial charge is 0.416 e. The molecule has 2 rings (SSSR count). The molecule has 1 aromatic carbocycles. The molecule has 1 atom stereocenters. The number of rotatable bonds is 5. The SMILES string of the molecule is COc1cc(C(F)(F)F)ccc1[C@H](CCO)N1CCNCC1.Cl. The molecule has 1 aromatic rings. The summed E-state index contributed by atoms with van der Waals surface area (Å²) in [5, 5.41) is 12.5. The van der Waals surface area contributed by atoms with E-state index in [1.54, 1.807) is 0 Å². The minimum absolute atomic E-state index is 0. The van der Waals surface area contributed by atoms with Gasteiger partial charge in [0.15, 0.2) is 0 Å². The molecule has 0 spiro atoms. The fourth-order valence-corrected chi connectivity index (χ4v) is 2.81. The van der Waals surface area contributed by atoms with Gasteiger partial charge in [0, 0.05) is 44.4 Å². The summed E-state index contributed by atoms with van der Waals surface area (Å²) in [5.74, 6) is 0.215. The summed E-state index contributed by atoms with van der Waals surface area (Å²) >= 11 is 0. The Morgan fingerprint density at radius 3 is 2.48 bits per heavy atom. The molecule has 1 heterocycles. The molecule has 0 aliphatic carbocycles. The molecule has 4 nitrogen and oxygen atoms in total. The number of benzene rings is 1. The van der Waals surface area contributed by atoms with E-state index in [0.717, 1.165) is 38.3 Å². The maximum Gasteiger partial charge on any atom is 0.416 e. The Balaban J connectivity index is 0.00000264. The van der Waals surface area contributed by atoms with Gasteiger partial charge in [-0.15, -0.1) is 12.4 Å². The van der Waals surface area contributed by atoms with Gasteiger partial charge in [-0.05, 0) is 18.6 Å². The number of hydrogen-bond donors (Lipinski definition) is 2. The first-order valence-corrected chi connectivity index (χ1v) is 7.28. The summed E-state index contributed by atoms with van der Waals surface area (Å²) in [6, 6.07) is 3.42. The normalized spacial score (nSPS) is 17.4. The van der Waals surface area contributed by atoms with Gasteiger partial charge in [-0.2, -0.15) is 13.2 Å². The average molecular weight is 355 g/mol. The van der Waals surface area contributed by atoms with Crippen LogP contribution < -0.4 is 10.1 Å². The molecule has 0 radical (unpaired) electrons. The van der Waals surface area contributed by atoms with Crippen LogP contribution in [0.1, 0.15) is 23.6 Å². The van der Waals surface area contributed by atoms with Gasteiger partial charge >= 0.3 is 6.18 Å². The van der Waals surface area contributed by atoms with Gasteiger partial charge < -0.3 is 15.2 Å². The van der Waals surface area contributed by atoms with Gasteiger partial charge in [0.2, 0.25) is 0 Å². The first kappa shape index (κ1) is 20.0. The molecule has 0 amide bonds. The van der Waals surface area contributed by atoms with Crippen molar-refractivity contribution in [1.29, 1.82) is 0 Å². The zero-order chi connectivity index (χ0) is 16.2. The van der Waals surface area contributed by atoms with Gasteiger partial charge in [0.05, 0.1) is 12.7 Å². The summed E-state index contributed by atoms with van der Waals surface area (Å²) in [6.45, 7) is 3.19. The molecule has 0 saturated carbocycles. The number of methoxy groups -OCH3 is 1. The van der Waals surface area contributed by atoms with Crippen LogP contribution in [0.15, 0.2) is 18.2 Å². The third kappa shape index (κ3) is 4.97. The third-order valence-electron chi connectivity index (χ3n) is 3.91. The van der Waals surface area contributed by atoms with Crippen molar-refractivity contribution >= 4 is 12.4 Å². The number of hydrogen-bond acceptors (Lipinski definition) is 4. The lowest BCUT2D eigenvalue weighted by Gasteiger charge is -2.35. The van der Waals surface area contributed by atoms with Crippen molar-refractivity contribution in [2.75, 3.05) is 39.9 Å². The maximum atomic E-state index is 12.8. The van der Waals surface area contributed by atoms with Crippen LogP contribution in [-0.4, -0.2) is 49.9 Å². The van der Waals surface area contributed by atoms with E-state index in [2.05, 4.69) is 10.2 Å². The van der Waals surface area contributed by atoms with Crippen LogP contribution in [0, 0.1) is 0 Å². The minimum Gasteiger partial charge on any atom is -0.496 e. The molecule has 8 heteroatoms. The third-order valence-corrected chi connectivity index (χ3v) is 3.91. The zero-order valence-corrected chi connectivity index (χ0v) is 13.7. The quantitative estimate of drug-likeness (QED) is 0.852. The van der Waals surface area contributed by atoms with E-state index in [0.29, 0.717) is 12.0 Å². The van der Waals surface area contributed by atoms with Gasteiger partial charge in [-0.3, -0.25) is 4.90 Å². The van der Waals surface area contributed by atoms with Crippen molar-refractivity contribution in [3.05, 3.63) is 29.3 Å². The van der Waals surface area contributed by atoms with E-state index in [-0.39, 0.29) is 30.8 Å². The van der Waals surface area contributed by atoms with Crippen LogP contribution in [0.25, 0.3) is 0 Å². The second-order valence-corrected chi connectivity index (χ2v) is 5.27. The van der Waals surface area contributed by atoms with Gasteiger partial charge in [-0.25, -0.2) is 0 Å². The highest BCUT2D eigenvalue weighted by molar-refractivity contribution is 5.85. The Morgan fingerprint density at radius 1 is 1.30 bits per heavy atom. The highest BCUT2D eigenvalue weighted by atomic mass is 35.5. The standard InChI is InChI=1S/C15H21F3N2O2.ClH/c1-22-14-10-11(15(16,17)18)2-3-12(14)13(4-9-21)20-7-5-19-6-8-20;/h2-3,10,13,19,21H,4-9H2,1H3;1H/t13-;/m0./s1. The molecule has 132 valence electrons. The van der Waals surface area contributed by atoms with Gasteiger partial charge in [0.25, 0.3) is 0 Å². The molecule has 0 unspecified atom stereocenters. The number of nitrogens with one attached hydrogen (secondary N) is 1. The predicted molar refractivity (Wildman–Crippen MR) is 84.1 cm³/mol. The number of aliphatic hydroxyl groups excluding tert-OH is 1. The lowest BCUT2D eigenvalue weighted by molar-refractivity contribution is -0.137. The second kappa shape index (κ2) is 8.73. The van der Waals surface area contributed by atoms with Gasteiger partial charge in [-0.1, -0.05) is 6.07 Å². The first-order chi connectivity index (χ1) is 10.5. The van der Waals surface area contributed by atoms with Crippen LogP contribution >= 0.6 is 12.4 Å². The monoisotopic (exact) mass is 354 g/mol. The number of nitrogens with zero attached hydrogens (tertiary/aromatic N) is 1. The number of halogens is 4. The van der Waals surface area contributed by atoms with Crippen LogP contribution in [0.4, 0.5) is 13.2 Å². The number of aliphatic hydroxyl groups is 1. The molecule has 2 N–H and O–H groups in total. The number of alkyl halides is 3. The van der Waals surface area contributed by atoms with Crippen LogP contribution in [0.2, 0.25) is 0 Å². The van der Waals surface area contributed by atoms with Crippen molar-refractivity contribution in [2.24, 2.45) is 0 Å². The van der Waals surface area contributed by atoms with Crippen molar-refractivity contribution in [2.45, 2.75) is 18.6 Å². The fraction of sp³-hybridized carbons (Fsp3) is 0.600. The minimum atomic E-state index is -4.40. The van der Waals surface area contributed by atoms with Gasteiger partial charge in [0.1, 0.15) is 5.75 Å². The first-order valence-electron chi connectivity index (χ1n) is 7.28. The summed E-state index contributed by atoms with van der Waals surface area (Å²) in [7, 11) is 1.37. The van der Waals surface area contributed by atoms with Crippen molar-refractivity contribution < 1.29 is 23.0 Å². The Kier molecular flexibility index (Phi) is 7.60. The Labute approximate surface area is 140 Å². The number of ether oxygens (including phenoxy) is 1. The highest BCUT2D eigenvalue weighted by Gasteiger charge is 2.32. The largest absolute Gasteiger partial charge is 0.496 e. The van der Waals surface area contributed by atoms with E-state index in [9.17, 15) is 18.3 Å². The van der Waals surface area contributed by atoms with E-state index < -0.39 is 11.7 Å². The second-order valence-electron chi connectivity index (χ2n) is 5.27. The number of piperazine rings is 1. The summed E-state index contributed by atoms with van der Waals surface area (Å²) in [5.41, 5.74) is -0.0393. The summed E-state index contributed by atoms with van der Waals surface area (Å²) in [6.07, 6.45) is -3.94. The molecule has 0 bridgehead atoms. The lowest BCUT2D eigenvalue weighted by atomic mass is 9.98. The van der Waals surface area contributed by atoms with E-state index in [1.807, 2.05) is 0 Å². The molecule has 1 saturated heterocycles. The fourth-order valence-electron chi connectivity index (χ4n) is 2.81. The average Bonchev–Trinajstić information content (AvgIpc) is 2.52. The molecular weight excluding hydrogens is 333 g/mol. The summed E-state index contributed by atoms with van der Waals surface area (Å²) in [4.78, 5) is 2.16. The van der Waals surface area contributed by atoms with E-state index >= 15 is 0 Å². The van der Waals surface area contributed by atoms with Crippen LogP contribution in [-0.2, 0) is 6.18 Å². The predicted octanol–water partition coefficient (Wildman–Crippen LogP) is 2.46. The van der Waals surface area contributed by atoms with Crippen molar-refractivity contribution in [1.82, 2.24) is 10.2 Å². The van der Waals surface area contributed by atoms with Crippen molar-refractivity contribution in [3.8, 4) is 5.75 Å². The molecule has 1 aliphatic rings. The Bertz CT molecular complexity index is 494. The molecule has 0 aromatic heterocycles.